The van der Waals surface area contributed by atoms with Crippen molar-refractivity contribution in [1.29, 1.82) is 0 Å². The lowest BCUT2D eigenvalue weighted by Crippen LogP contribution is -3.00. The minimum atomic E-state index is -1.15. The van der Waals surface area contributed by atoms with Crippen LogP contribution in [0.5, 0.6) is 34.8 Å². The van der Waals surface area contributed by atoms with Crippen LogP contribution < -0.4 is 68.6 Å². The fourth-order valence-corrected chi connectivity index (χ4v) is 2.65. The molecule has 35 heavy (non-hydrogen) atoms. The van der Waals surface area contributed by atoms with E-state index in [2.05, 4.69) is 4.98 Å². The Morgan fingerprint density at radius 1 is 0.486 bits per heavy atom. The molecule has 12 heteroatoms. The summed E-state index contributed by atoms with van der Waals surface area (Å²) in [6.45, 7) is 0. The summed E-state index contributed by atoms with van der Waals surface area (Å²) in [7, 11) is 0. The molecule has 0 bridgehead atoms. The molecule has 0 saturated carbocycles. The van der Waals surface area contributed by atoms with Gasteiger partial charge in [-0.25, -0.2) is 0 Å². The van der Waals surface area contributed by atoms with E-state index in [0.717, 1.165) is 0 Å². The van der Waals surface area contributed by atoms with Crippen LogP contribution in [0.15, 0.2) is 72.8 Å². The molecule has 0 aliphatic rings. The summed E-state index contributed by atoms with van der Waals surface area (Å²) in [6, 6.07) is 18.3. The maximum Gasteiger partial charge on any atom is 0.263 e. The summed E-state index contributed by atoms with van der Waals surface area (Å²) in [6.07, 6.45) is 0. The Morgan fingerprint density at radius 3 is 1.09 bits per heavy atom. The van der Waals surface area contributed by atoms with Gasteiger partial charge in [-0.2, -0.15) is 13.8 Å². The van der Waals surface area contributed by atoms with Gasteiger partial charge in [-0.15, -0.1) is 0 Å². The second kappa shape index (κ2) is 12.7. The van der Waals surface area contributed by atoms with Gasteiger partial charge in [-0.1, -0.05) is 0 Å². The molecule has 1 aromatic heterocycles. The van der Waals surface area contributed by atoms with Crippen molar-refractivity contribution in [2.24, 2.45) is 0 Å². The van der Waals surface area contributed by atoms with E-state index < -0.39 is 29.1 Å². The van der Waals surface area contributed by atoms with Gasteiger partial charge in [-0.3, -0.25) is 0 Å². The lowest BCUT2D eigenvalue weighted by molar-refractivity contribution is -0.001000. The zero-order valence-electron chi connectivity index (χ0n) is 17.7. The lowest BCUT2D eigenvalue weighted by Gasteiger charge is -2.15. The minimum absolute atomic E-state index is 0. The Kier molecular flexibility index (Phi) is 10.7. The molecule has 0 spiro atoms. The molecule has 0 atom stereocenters. The van der Waals surface area contributed by atoms with E-state index in [-0.39, 0.29) is 54.5 Å². The zero-order chi connectivity index (χ0) is 22.7. The van der Waals surface area contributed by atoms with Crippen LogP contribution in [0.4, 0.5) is 25.8 Å². The summed E-state index contributed by atoms with van der Waals surface area (Å²) >= 11 is 0. The van der Waals surface area contributed by atoms with E-state index in [1.165, 1.54) is 48.5 Å². The van der Waals surface area contributed by atoms with Crippen molar-refractivity contribution in [2.75, 3.05) is 17.2 Å². The van der Waals surface area contributed by atoms with Crippen LogP contribution in [0.1, 0.15) is 0 Å². The first-order valence-electron chi connectivity index (χ1n) is 9.38. The summed E-state index contributed by atoms with van der Waals surface area (Å²) < 4.78 is 46.8. The van der Waals surface area contributed by atoms with Gasteiger partial charge in [0.25, 0.3) is 11.8 Å². The summed E-state index contributed by atoms with van der Waals surface area (Å²) in [5, 5.41) is 0. The van der Waals surface area contributed by atoms with Crippen LogP contribution in [-0.2, 0) is 0 Å². The molecular formula is C23H18Cl3F2N4O3-3. The molecule has 0 fully saturated rings. The van der Waals surface area contributed by atoms with Gasteiger partial charge in [0.2, 0.25) is 17.4 Å². The highest BCUT2D eigenvalue weighted by Gasteiger charge is 2.26. The number of ether oxygens (including phenoxy) is 3. The number of pyridine rings is 1. The Bertz CT molecular complexity index is 1180. The number of aromatic nitrogens is 1. The molecule has 0 aliphatic heterocycles. The van der Waals surface area contributed by atoms with Crippen LogP contribution in [0.3, 0.4) is 0 Å². The highest BCUT2D eigenvalue weighted by atomic mass is 35.5. The molecule has 0 saturated heterocycles. The Labute approximate surface area is 218 Å². The summed E-state index contributed by atoms with van der Waals surface area (Å²) in [5.41, 5.74) is 18.4. The molecular weight excluding hydrogens is 525 g/mol. The molecule has 0 aliphatic carbocycles. The number of hydrogen-bond acceptors (Lipinski definition) is 7. The van der Waals surface area contributed by atoms with Gasteiger partial charge >= 0.3 is 0 Å². The molecule has 0 radical (unpaired) electrons. The predicted molar refractivity (Wildman–Crippen MR) is 117 cm³/mol. The molecule has 186 valence electrons. The van der Waals surface area contributed by atoms with E-state index in [1.807, 2.05) is 0 Å². The quantitative estimate of drug-likeness (QED) is 0.216. The number of nitrogen functional groups attached to an aromatic ring is 3. The maximum atomic E-state index is 15.2. The van der Waals surface area contributed by atoms with Crippen LogP contribution in [0, 0.1) is 11.6 Å². The molecule has 3 aromatic carbocycles. The summed E-state index contributed by atoms with van der Waals surface area (Å²) in [5.74, 6) is -3.54. The first kappa shape index (κ1) is 29.4. The standard InChI is InChI=1S/C23H18F2N4O3.3ClH/c24-19-21(30-16-7-1-13(26)2-8-16)20(25)23(32-18-11-5-15(28)6-12-18)29-22(19)31-17-9-3-14(27)4-10-17;;;/h1-12H,26-28H2;3*1H/p-3. The first-order chi connectivity index (χ1) is 15.4. The van der Waals surface area contributed by atoms with Crippen LogP contribution in [0.25, 0.3) is 0 Å². The topological polar surface area (TPSA) is 119 Å². The third kappa shape index (κ3) is 7.16. The van der Waals surface area contributed by atoms with E-state index in [0.29, 0.717) is 17.1 Å². The van der Waals surface area contributed by atoms with Gasteiger partial charge in [0, 0.05) is 17.1 Å². The number of nitrogens with zero attached hydrogens (tertiary/aromatic N) is 1. The molecule has 7 nitrogen and oxygen atoms in total. The normalized spacial score (nSPS) is 9.66. The number of rotatable bonds is 6. The maximum absolute atomic E-state index is 15.2. The largest absolute Gasteiger partial charge is 1.00 e. The molecule has 6 N–H and O–H groups in total. The Morgan fingerprint density at radius 2 is 0.771 bits per heavy atom. The van der Waals surface area contributed by atoms with Crippen molar-refractivity contribution < 1.29 is 60.2 Å². The SMILES string of the molecule is Nc1ccc(Oc2nc(Oc3ccc(N)cc3)c(F)c(Oc3ccc(N)cc3)c2F)cc1.[Cl-].[Cl-].[Cl-]. The van der Waals surface area contributed by atoms with Crippen LogP contribution >= 0.6 is 0 Å². The average molecular weight is 543 g/mol. The molecule has 4 aromatic rings. The Hall–Kier alpha value is -3.66. The van der Waals surface area contributed by atoms with Crippen LogP contribution in [0.2, 0.25) is 0 Å². The second-order valence-corrected chi connectivity index (χ2v) is 6.69. The third-order valence-corrected chi connectivity index (χ3v) is 4.27. The van der Waals surface area contributed by atoms with Crippen molar-refractivity contribution in [3.8, 4) is 34.8 Å². The van der Waals surface area contributed by atoms with E-state index in [4.69, 9.17) is 31.4 Å². The molecule has 0 amide bonds. The number of hydrogen-bond donors (Lipinski definition) is 3. The Balaban J connectivity index is 0.00000204. The fraction of sp³-hybridized carbons (Fsp3) is 0. The molecule has 4 rings (SSSR count). The van der Waals surface area contributed by atoms with E-state index in [1.54, 1.807) is 24.3 Å². The molecule has 1 heterocycles. The minimum Gasteiger partial charge on any atom is -1.00 e. The van der Waals surface area contributed by atoms with Gasteiger partial charge in [0.1, 0.15) is 17.2 Å². The number of nitrogens with two attached hydrogens (primary N) is 3. The lowest BCUT2D eigenvalue weighted by atomic mass is 10.3. The smallest absolute Gasteiger partial charge is 0.263 e. The average Bonchev–Trinajstić information content (AvgIpc) is 2.79. The van der Waals surface area contributed by atoms with Crippen molar-refractivity contribution in [3.05, 3.63) is 84.4 Å². The second-order valence-electron chi connectivity index (χ2n) is 6.69. The predicted octanol–water partition coefficient (Wildman–Crippen LogP) is -3.50. The molecule has 0 unspecified atom stereocenters. The fourth-order valence-electron chi connectivity index (χ4n) is 2.65. The van der Waals surface area contributed by atoms with Gasteiger partial charge in [0.15, 0.2) is 0 Å². The van der Waals surface area contributed by atoms with Crippen LogP contribution in [-0.4, -0.2) is 4.98 Å². The summed E-state index contributed by atoms with van der Waals surface area (Å²) in [4.78, 5) is 3.87. The number of anilines is 3. The van der Waals surface area contributed by atoms with Crippen molar-refractivity contribution in [2.45, 2.75) is 0 Å². The van der Waals surface area contributed by atoms with Crippen molar-refractivity contribution in [1.82, 2.24) is 4.98 Å². The highest BCUT2D eigenvalue weighted by Crippen LogP contribution is 2.39. The van der Waals surface area contributed by atoms with Gasteiger partial charge in [0.05, 0.1) is 0 Å². The van der Waals surface area contributed by atoms with Crippen molar-refractivity contribution >= 4 is 17.1 Å². The van der Waals surface area contributed by atoms with E-state index >= 15 is 8.78 Å². The first-order valence-corrected chi connectivity index (χ1v) is 9.38. The van der Waals surface area contributed by atoms with Crippen molar-refractivity contribution in [3.63, 3.8) is 0 Å². The number of halogens is 5. The number of benzene rings is 3. The zero-order valence-corrected chi connectivity index (χ0v) is 20.0. The van der Waals surface area contributed by atoms with E-state index in [9.17, 15) is 0 Å². The van der Waals surface area contributed by atoms with Gasteiger partial charge in [-0.05, 0) is 72.8 Å². The van der Waals surface area contributed by atoms with Gasteiger partial charge < -0.3 is 68.6 Å². The third-order valence-electron chi connectivity index (χ3n) is 4.27. The monoisotopic (exact) mass is 541 g/mol. The highest BCUT2D eigenvalue weighted by molar-refractivity contribution is 5.48.